The summed E-state index contributed by atoms with van der Waals surface area (Å²) in [4.78, 5) is 1.47. The highest BCUT2D eigenvalue weighted by Gasteiger charge is 2.18. The third-order valence-corrected chi connectivity index (χ3v) is 2.58. The summed E-state index contributed by atoms with van der Waals surface area (Å²) in [6.07, 6.45) is 1.25. The van der Waals surface area contributed by atoms with Gasteiger partial charge in [-0.2, -0.15) is 0 Å². The molecule has 0 spiro atoms. The third kappa shape index (κ3) is 0.815. The number of allylic oxidation sites excluding steroid dienone is 2. The van der Waals surface area contributed by atoms with Gasteiger partial charge < -0.3 is 0 Å². The standard InChI is InChI=1S/C8H8S/c1-6-5-7(6)8-3-2-4-9-8/h2-4H,5H2,1H3. The molecule has 0 amide bonds. The number of thiophene rings is 1. The van der Waals surface area contributed by atoms with Gasteiger partial charge in [-0.05, 0) is 30.4 Å². The zero-order chi connectivity index (χ0) is 6.27. The van der Waals surface area contributed by atoms with Crippen LogP contribution in [0.3, 0.4) is 0 Å². The Morgan fingerprint density at radius 2 is 2.33 bits per heavy atom. The molecule has 0 bridgehead atoms. The van der Waals surface area contributed by atoms with Crippen LogP contribution in [-0.4, -0.2) is 0 Å². The number of hydrogen-bond donors (Lipinski definition) is 0. The summed E-state index contributed by atoms with van der Waals surface area (Å²) in [6.45, 7) is 2.20. The fourth-order valence-corrected chi connectivity index (χ4v) is 1.82. The predicted molar refractivity (Wildman–Crippen MR) is 41.5 cm³/mol. The molecule has 1 aliphatic carbocycles. The van der Waals surface area contributed by atoms with Crippen LogP contribution in [0.2, 0.25) is 0 Å². The molecule has 2 rings (SSSR count). The Morgan fingerprint density at radius 3 is 2.78 bits per heavy atom. The minimum absolute atomic E-state index is 1.25. The SMILES string of the molecule is CC1=C(c2cccs2)C1. The first-order chi connectivity index (χ1) is 4.38. The smallest absolute Gasteiger partial charge is 0.0305 e. The lowest BCUT2D eigenvalue weighted by molar-refractivity contribution is 1.48. The Labute approximate surface area is 58.8 Å². The number of rotatable bonds is 1. The second kappa shape index (κ2) is 1.71. The molecule has 0 nitrogen and oxygen atoms in total. The summed E-state index contributed by atoms with van der Waals surface area (Å²) >= 11 is 1.84. The Hall–Kier alpha value is -0.560. The highest BCUT2D eigenvalue weighted by Crippen LogP contribution is 2.41. The van der Waals surface area contributed by atoms with Crippen LogP contribution in [0.15, 0.2) is 23.1 Å². The first-order valence-corrected chi connectivity index (χ1v) is 3.98. The largest absolute Gasteiger partial charge is 0.144 e. The lowest BCUT2D eigenvalue weighted by atomic mass is 10.4. The molecule has 0 aromatic carbocycles. The van der Waals surface area contributed by atoms with E-state index in [4.69, 9.17) is 0 Å². The summed E-state index contributed by atoms with van der Waals surface area (Å²) in [6, 6.07) is 4.30. The van der Waals surface area contributed by atoms with Crippen LogP contribution in [-0.2, 0) is 0 Å². The van der Waals surface area contributed by atoms with Gasteiger partial charge in [0, 0.05) is 4.88 Å². The third-order valence-electron chi connectivity index (χ3n) is 1.65. The van der Waals surface area contributed by atoms with E-state index in [1.165, 1.54) is 11.3 Å². The fraction of sp³-hybridized carbons (Fsp3) is 0.250. The average molecular weight is 136 g/mol. The summed E-state index contributed by atoms with van der Waals surface area (Å²) < 4.78 is 0. The zero-order valence-corrected chi connectivity index (χ0v) is 6.16. The molecular formula is C8H8S. The van der Waals surface area contributed by atoms with Gasteiger partial charge in [0.1, 0.15) is 0 Å². The maximum absolute atomic E-state index is 2.20. The summed E-state index contributed by atoms with van der Waals surface area (Å²) in [5.74, 6) is 0. The van der Waals surface area contributed by atoms with Gasteiger partial charge in [-0.25, -0.2) is 0 Å². The van der Waals surface area contributed by atoms with E-state index in [0.717, 1.165) is 0 Å². The van der Waals surface area contributed by atoms with Gasteiger partial charge in [0.2, 0.25) is 0 Å². The topological polar surface area (TPSA) is 0 Å². The lowest BCUT2D eigenvalue weighted by Gasteiger charge is -1.78. The van der Waals surface area contributed by atoms with Crippen LogP contribution >= 0.6 is 11.3 Å². The maximum atomic E-state index is 2.20. The van der Waals surface area contributed by atoms with E-state index in [2.05, 4.69) is 24.4 Å². The van der Waals surface area contributed by atoms with Crippen LogP contribution in [0.1, 0.15) is 18.2 Å². The molecule has 0 unspecified atom stereocenters. The van der Waals surface area contributed by atoms with Gasteiger partial charge in [-0.3, -0.25) is 0 Å². The van der Waals surface area contributed by atoms with Crippen molar-refractivity contribution in [3.63, 3.8) is 0 Å². The summed E-state index contributed by atoms with van der Waals surface area (Å²) in [5, 5.41) is 2.13. The Bertz CT molecular complexity index is 242. The van der Waals surface area contributed by atoms with Gasteiger partial charge in [0.05, 0.1) is 0 Å². The van der Waals surface area contributed by atoms with Crippen LogP contribution in [0, 0.1) is 0 Å². The molecule has 0 aliphatic heterocycles. The van der Waals surface area contributed by atoms with Crippen molar-refractivity contribution in [3.8, 4) is 0 Å². The first-order valence-electron chi connectivity index (χ1n) is 3.10. The lowest BCUT2D eigenvalue weighted by Crippen LogP contribution is -1.54. The Morgan fingerprint density at radius 1 is 1.56 bits per heavy atom. The predicted octanol–water partition coefficient (Wildman–Crippen LogP) is 2.93. The van der Waals surface area contributed by atoms with Crippen molar-refractivity contribution in [1.29, 1.82) is 0 Å². The molecule has 0 N–H and O–H groups in total. The maximum Gasteiger partial charge on any atom is 0.0305 e. The van der Waals surface area contributed by atoms with Crippen LogP contribution in [0.5, 0.6) is 0 Å². The second-order valence-corrected chi connectivity index (χ2v) is 3.36. The minimum Gasteiger partial charge on any atom is -0.144 e. The Balaban J connectivity index is 2.37. The van der Waals surface area contributed by atoms with Crippen molar-refractivity contribution in [3.05, 3.63) is 28.0 Å². The first kappa shape index (κ1) is 5.24. The van der Waals surface area contributed by atoms with E-state index in [0.29, 0.717) is 0 Å². The molecule has 0 radical (unpaired) electrons. The van der Waals surface area contributed by atoms with E-state index in [1.54, 1.807) is 11.1 Å². The van der Waals surface area contributed by atoms with E-state index in [1.807, 2.05) is 11.3 Å². The summed E-state index contributed by atoms with van der Waals surface area (Å²) in [5.41, 5.74) is 3.14. The van der Waals surface area contributed by atoms with E-state index < -0.39 is 0 Å². The van der Waals surface area contributed by atoms with Gasteiger partial charge in [0.25, 0.3) is 0 Å². The Kier molecular flexibility index (Phi) is 0.995. The molecule has 0 saturated carbocycles. The molecule has 0 fully saturated rings. The van der Waals surface area contributed by atoms with Gasteiger partial charge in [0.15, 0.2) is 0 Å². The van der Waals surface area contributed by atoms with Gasteiger partial charge in [-0.1, -0.05) is 11.6 Å². The van der Waals surface area contributed by atoms with E-state index >= 15 is 0 Å². The monoisotopic (exact) mass is 136 g/mol. The van der Waals surface area contributed by atoms with Crippen LogP contribution in [0.25, 0.3) is 5.57 Å². The molecule has 9 heavy (non-hydrogen) atoms. The molecule has 0 saturated heterocycles. The fourth-order valence-electron chi connectivity index (χ4n) is 0.969. The minimum atomic E-state index is 1.25. The van der Waals surface area contributed by atoms with E-state index in [-0.39, 0.29) is 0 Å². The van der Waals surface area contributed by atoms with Crippen molar-refractivity contribution in [2.75, 3.05) is 0 Å². The molecule has 1 aromatic rings. The van der Waals surface area contributed by atoms with Crippen LogP contribution < -0.4 is 0 Å². The zero-order valence-electron chi connectivity index (χ0n) is 5.35. The molecule has 0 atom stereocenters. The van der Waals surface area contributed by atoms with Crippen molar-refractivity contribution in [2.24, 2.45) is 0 Å². The van der Waals surface area contributed by atoms with Crippen LogP contribution in [0.4, 0.5) is 0 Å². The highest BCUT2D eigenvalue weighted by molar-refractivity contribution is 7.11. The van der Waals surface area contributed by atoms with Crippen molar-refractivity contribution in [2.45, 2.75) is 13.3 Å². The molecule has 1 aliphatic rings. The number of hydrogen-bond acceptors (Lipinski definition) is 1. The van der Waals surface area contributed by atoms with Crippen molar-refractivity contribution < 1.29 is 0 Å². The second-order valence-electron chi connectivity index (χ2n) is 2.41. The molecule has 1 aromatic heterocycles. The molecular weight excluding hydrogens is 128 g/mol. The molecule has 1 heterocycles. The normalized spacial score (nSPS) is 16.6. The average Bonchev–Trinajstić information content (AvgIpc) is 2.44. The van der Waals surface area contributed by atoms with Gasteiger partial charge >= 0.3 is 0 Å². The van der Waals surface area contributed by atoms with Crippen molar-refractivity contribution in [1.82, 2.24) is 0 Å². The van der Waals surface area contributed by atoms with Crippen molar-refractivity contribution >= 4 is 16.9 Å². The highest BCUT2D eigenvalue weighted by atomic mass is 32.1. The molecule has 1 heteroatoms. The summed E-state index contributed by atoms with van der Waals surface area (Å²) in [7, 11) is 0. The molecule has 46 valence electrons. The van der Waals surface area contributed by atoms with E-state index in [9.17, 15) is 0 Å². The quantitative estimate of drug-likeness (QED) is 0.557. The van der Waals surface area contributed by atoms with Gasteiger partial charge in [-0.15, -0.1) is 11.3 Å².